The average Bonchev–Trinajstić information content (AvgIpc) is 3.41. The second kappa shape index (κ2) is 8.24. The lowest BCUT2D eigenvalue weighted by atomic mass is 9.85. The molecule has 0 radical (unpaired) electrons. The maximum atomic E-state index is 13.3. The molecule has 172 valence electrons. The quantitative estimate of drug-likeness (QED) is 0.517. The van der Waals surface area contributed by atoms with Crippen LogP contribution in [-0.2, 0) is 38.7 Å². The van der Waals surface area contributed by atoms with Crippen LogP contribution in [0.1, 0.15) is 53.8 Å². The van der Waals surface area contributed by atoms with Crippen LogP contribution in [0.5, 0.6) is 0 Å². The van der Waals surface area contributed by atoms with Crippen molar-refractivity contribution in [2.24, 2.45) is 17.8 Å². The van der Waals surface area contributed by atoms with Gasteiger partial charge in [0.05, 0.1) is 10.6 Å². The van der Waals surface area contributed by atoms with Gasteiger partial charge in [0, 0.05) is 28.5 Å². The van der Waals surface area contributed by atoms with Crippen molar-refractivity contribution in [2.45, 2.75) is 75.0 Å². The van der Waals surface area contributed by atoms with Crippen molar-refractivity contribution in [1.29, 1.82) is 0 Å². The van der Waals surface area contributed by atoms with Crippen molar-refractivity contribution in [1.82, 2.24) is 0 Å². The van der Waals surface area contributed by atoms with Crippen LogP contribution >= 0.6 is 11.3 Å². The molecule has 31 heavy (non-hydrogen) atoms. The summed E-state index contributed by atoms with van der Waals surface area (Å²) in [5.41, 5.74) is 0.478. The molecule has 2 fully saturated rings. The Hall–Kier alpha value is -1.29. The van der Waals surface area contributed by atoms with Gasteiger partial charge in [0.25, 0.3) is 0 Å². The van der Waals surface area contributed by atoms with E-state index in [4.69, 9.17) is 0 Å². The summed E-state index contributed by atoms with van der Waals surface area (Å²) < 4.78 is 77.9. The van der Waals surface area contributed by atoms with E-state index in [1.54, 1.807) is 0 Å². The Morgan fingerprint density at radius 1 is 1.06 bits per heavy atom. The summed E-state index contributed by atoms with van der Waals surface area (Å²) in [6.07, 6.45) is -3.74. The second-order valence-corrected chi connectivity index (χ2v) is 12.3. The number of alkyl halides is 4. The molecule has 0 amide bonds. The summed E-state index contributed by atoms with van der Waals surface area (Å²) in [5.74, 6) is -2.93. The number of rotatable bonds is 8. The molecule has 0 aromatic carbocycles. The number of carbonyl (C=O) groups excluding carboxylic acids is 2. The fourth-order valence-electron chi connectivity index (χ4n) is 4.61. The number of halogens is 4. The van der Waals surface area contributed by atoms with Crippen molar-refractivity contribution in [3.05, 3.63) is 15.3 Å². The van der Waals surface area contributed by atoms with E-state index in [1.165, 1.54) is 11.3 Å². The Morgan fingerprint density at radius 2 is 1.74 bits per heavy atom. The molecule has 3 aliphatic rings. The zero-order valence-electron chi connectivity index (χ0n) is 16.8. The molecule has 4 rings (SSSR count). The molecule has 4 nitrogen and oxygen atoms in total. The van der Waals surface area contributed by atoms with Crippen molar-refractivity contribution in [2.75, 3.05) is 5.75 Å². The molecule has 3 aliphatic carbocycles. The van der Waals surface area contributed by atoms with Gasteiger partial charge in [-0.25, -0.2) is 12.8 Å². The molecule has 1 atom stereocenters. The number of fused-ring (bicyclic) bond motifs is 1. The monoisotopic (exact) mass is 480 g/mol. The highest BCUT2D eigenvalue weighted by Gasteiger charge is 2.42. The molecular formula is C21H24F4O4S2. The van der Waals surface area contributed by atoms with Crippen LogP contribution in [0.15, 0.2) is 4.90 Å². The summed E-state index contributed by atoms with van der Waals surface area (Å²) in [6, 6.07) is 0. The molecule has 1 aromatic heterocycles. The smallest absolute Gasteiger partial charge is 0.299 e. The summed E-state index contributed by atoms with van der Waals surface area (Å²) >= 11 is 1.26. The van der Waals surface area contributed by atoms with Gasteiger partial charge >= 0.3 is 6.18 Å². The van der Waals surface area contributed by atoms with E-state index in [-0.39, 0.29) is 54.0 Å². The summed E-state index contributed by atoms with van der Waals surface area (Å²) in [6.45, 7) is 0. The van der Waals surface area contributed by atoms with Gasteiger partial charge in [-0.3, -0.25) is 9.59 Å². The maximum Gasteiger partial charge on any atom is 0.449 e. The first-order valence-electron chi connectivity index (χ1n) is 10.6. The van der Waals surface area contributed by atoms with Crippen molar-refractivity contribution in [3.63, 3.8) is 0 Å². The SMILES string of the molecule is O=C(Cc1sc2c(c1S(=O)(=O)CC1CC(F)C1)C[C@@H](CC(=O)C(F)(F)F)CC2)C1CC1. The van der Waals surface area contributed by atoms with Gasteiger partial charge in [-0.15, -0.1) is 11.3 Å². The summed E-state index contributed by atoms with van der Waals surface area (Å²) in [7, 11) is -3.82. The Balaban J connectivity index is 1.62. The predicted molar refractivity (Wildman–Crippen MR) is 107 cm³/mol. The van der Waals surface area contributed by atoms with Crippen molar-refractivity contribution in [3.8, 4) is 0 Å². The van der Waals surface area contributed by atoms with Gasteiger partial charge in [-0.05, 0) is 62.3 Å². The van der Waals surface area contributed by atoms with Gasteiger partial charge in [-0.1, -0.05) is 0 Å². The van der Waals surface area contributed by atoms with Gasteiger partial charge in [0.15, 0.2) is 9.84 Å². The Labute approximate surface area is 182 Å². The van der Waals surface area contributed by atoms with Crippen LogP contribution in [-0.4, -0.2) is 38.1 Å². The minimum Gasteiger partial charge on any atom is -0.299 e. The van der Waals surface area contributed by atoms with E-state index in [0.717, 1.165) is 17.7 Å². The van der Waals surface area contributed by atoms with Crippen LogP contribution < -0.4 is 0 Å². The number of Topliss-reactive ketones (excluding diaryl/α,β-unsaturated/α-hetero) is 2. The number of hydrogen-bond donors (Lipinski definition) is 0. The topological polar surface area (TPSA) is 68.3 Å². The van der Waals surface area contributed by atoms with Crippen LogP contribution in [0.25, 0.3) is 0 Å². The van der Waals surface area contributed by atoms with Gasteiger partial charge in [0.1, 0.15) is 12.0 Å². The molecule has 1 heterocycles. The highest BCUT2D eigenvalue weighted by atomic mass is 32.2. The first-order valence-corrected chi connectivity index (χ1v) is 13.0. The number of ketones is 2. The number of aryl methyl sites for hydroxylation is 1. The first-order chi connectivity index (χ1) is 14.4. The third kappa shape index (κ3) is 5.05. The van der Waals surface area contributed by atoms with Crippen molar-refractivity contribution < 1.29 is 35.6 Å². The molecule has 10 heteroatoms. The molecule has 0 saturated heterocycles. The van der Waals surface area contributed by atoms with Crippen LogP contribution in [0.3, 0.4) is 0 Å². The minimum absolute atomic E-state index is 0.00804. The number of sulfone groups is 1. The van der Waals surface area contributed by atoms with E-state index >= 15 is 0 Å². The second-order valence-electron chi connectivity index (χ2n) is 9.12. The van der Waals surface area contributed by atoms with Gasteiger partial charge in [-0.2, -0.15) is 13.2 Å². The summed E-state index contributed by atoms with van der Waals surface area (Å²) in [4.78, 5) is 25.2. The fourth-order valence-corrected chi connectivity index (χ4v) is 8.49. The van der Waals surface area contributed by atoms with Gasteiger partial charge in [0.2, 0.25) is 5.78 Å². The van der Waals surface area contributed by atoms with Crippen LogP contribution in [0.2, 0.25) is 0 Å². The van der Waals surface area contributed by atoms with Crippen molar-refractivity contribution >= 4 is 32.7 Å². The number of thiophene rings is 1. The highest BCUT2D eigenvalue weighted by molar-refractivity contribution is 7.91. The molecule has 0 spiro atoms. The zero-order valence-corrected chi connectivity index (χ0v) is 18.5. The fraction of sp³-hybridized carbons (Fsp3) is 0.714. The lowest BCUT2D eigenvalue weighted by Crippen LogP contribution is -2.32. The number of hydrogen-bond acceptors (Lipinski definition) is 5. The van der Waals surface area contributed by atoms with E-state index in [0.29, 0.717) is 23.3 Å². The molecule has 2 saturated carbocycles. The maximum absolute atomic E-state index is 13.3. The molecular weight excluding hydrogens is 456 g/mol. The van der Waals surface area contributed by atoms with E-state index in [2.05, 4.69) is 0 Å². The predicted octanol–water partition coefficient (Wildman–Crippen LogP) is 4.42. The Bertz CT molecular complexity index is 986. The van der Waals surface area contributed by atoms with Gasteiger partial charge < -0.3 is 0 Å². The zero-order chi connectivity index (χ0) is 22.6. The largest absolute Gasteiger partial charge is 0.449 e. The third-order valence-electron chi connectivity index (χ3n) is 6.48. The Kier molecular flexibility index (Phi) is 6.09. The summed E-state index contributed by atoms with van der Waals surface area (Å²) in [5, 5.41) is 0. The van der Waals surface area contributed by atoms with E-state index in [1.807, 2.05) is 0 Å². The molecule has 0 bridgehead atoms. The Morgan fingerprint density at radius 3 is 2.32 bits per heavy atom. The van der Waals surface area contributed by atoms with E-state index < -0.39 is 40.3 Å². The number of carbonyl (C=O) groups is 2. The van der Waals surface area contributed by atoms with Crippen LogP contribution in [0, 0.1) is 17.8 Å². The third-order valence-corrected chi connectivity index (χ3v) is 9.93. The molecule has 0 unspecified atom stereocenters. The van der Waals surface area contributed by atoms with Crippen LogP contribution in [0.4, 0.5) is 17.6 Å². The first kappa shape index (κ1) is 22.9. The average molecular weight is 481 g/mol. The lowest BCUT2D eigenvalue weighted by molar-refractivity contribution is -0.172. The standard InChI is InChI=1S/C21H24F4O4S2/c22-14-5-12(6-14)10-31(28,29)20-15-7-11(8-19(27)21(23,24)25)1-4-17(15)30-18(20)9-16(26)13-2-3-13/h11-14H,1-10H2/t11-,12?,14?/m0/s1. The normalized spacial score (nSPS) is 26.3. The minimum atomic E-state index is -4.90. The molecule has 0 N–H and O–H groups in total. The lowest BCUT2D eigenvalue weighted by Gasteiger charge is -2.29. The highest BCUT2D eigenvalue weighted by Crippen LogP contribution is 2.43. The molecule has 0 aliphatic heterocycles. The van der Waals surface area contributed by atoms with E-state index in [9.17, 15) is 35.6 Å². The molecule has 1 aromatic rings.